The maximum atomic E-state index is 12.6. The number of nitrogens with zero attached hydrogens (tertiary/aromatic N) is 3. The van der Waals surface area contributed by atoms with Crippen molar-refractivity contribution in [1.29, 1.82) is 0 Å². The average Bonchev–Trinajstić information content (AvgIpc) is 3.31. The van der Waals surface area contributed by atoms with Crippen LogP contribution in [0.1, 0.15) is 24.3 Å². The standard InChI is InChI=1S/C24H26Cl2N4O4/c1-32-20-6-4-16(11-21(20)33-2)23-28-22(34-29-23)14-30-9-7-15(8-10-30)24(31)27-13-17-3-5-18(25)12-19(17)26/h3-6,11-12,15H,7-10,13-14H2,1-2H3,(H,27,31). The third kappa shape index (κ3) is 5.81. The normalized spacial score (nSPS) is 14.7. The van der Waals surface area contributed by atoms with Crippen LogP contribution in [-0.4, -0.2) is 48.3 Å². The first kappa shape index (κ1) is 24.3. The number of benzene rings is 2. The van der Waals surface area contributed by atoms with Crippen LogP contribution in [-0.2, 0) is 17.9 Å². The summed E-state index contributed by atoms with van der Waals surface area (Å²) in [6.45, 7) is 2.46. The SMILES string of the molecule is COc1ccc(-c2noc(CN3CCC(C(=O)NCc4ccc(Cl)cc4Cl)CC3)n2)cc1OC. The van der Waals surface area contributed by atoms with E-state index >= 15 is 0 Å². The summed E-state index contributed by atoms with van der Waals surface area (Å²) in [6, 6.07) is 10.7. The molecule has 4 rings (SSSR count). The number of carbonyl (C=O) groups is 1. The van der Waals surface area contributed by atoms with Gasteiger partial charge in [0.25, 0.3) is 0 Å². The van der Waals surface area contributed by atoms with Crippen LogP contribution in [0.3, 0.4) is 0 Å². The molecular weight excluding hydrogens is 479 g/mol. The van der Waals surface area contributed by atoms with Gasteiger partial charge in [-0.25, -0.2) is 0 Å². The van der Waals surface area contributed by atoms with E-state index in [0.29, 0.717) is 46.3 Å². The van der Waals surface area contributed by atoms with E-state index in [-0.39, 0.29) is 11.8 Å². The molecular formula is C24H26Cl2N4O4. The Morgan fingerprint density at radius 1 is 1.12 bits per heavy atom. The lowest BCUT2D eigenvalue weighted by atomic mass is 9.96. The number of piperidine rings is 1. The fraction of sp³-hybridized carbons (Fsp3) is 0.375. The predicted octanol–water partition coefficient (Wildman–Crippen LogP) is 4.59. The lowest BCUT2D eigenvalue weighted by Crippen LogP contribution is -2.40. The van der Waals surface area contributed by atoms with Crippen molar-refractivity contribution >= 4 is 29.1 Å². The summed E-state index contributed by atoms with van der Waals surface area (Å²) in [5, 5.41) is 8.21. The molecule has 1 aliphatic rings. The van der Waals surface area contributed by atoms with Crippen LogP contribution in [0.4, 0.5) is 0 Å². The highest BCUT2D eigenvalue weighted by molar-refractivity contribution is 6.35. The van der Waals surface area contributed by atoms with E-state index in [1.807, 2.05) is 18.2 Å². The van der Waals surface area contributed by atoms with E-state index in [2.05, 4.69) is 20.4 Å². The molecule has 0 radical (unpaired) electrons. The van der Waals surface area contributed by atoms with Gasteiger partial charge in [-0.2, -0.15) is 4.98 Å². The molecule has 8 nitrogen and oxygen atoms in total. The Morgan fingerprint density at radius 3 is 2.59 bits per heavy atom. The van der Waals surface area contributed by atoms with Crippen molar-refractivity contribution in [3.05, 3.63) is 57.9 Å². The number of methoxy groups -OCH3 is 2. The second kappa shape index (κ2) is 11.1. The fourth-order valence-corrected chi connectivity index (χ4v) is 4.42. The smallest absolute Gasteiger partial charge is 0.241 e. The van der Waals surface area contributed by atoms with Crippen molar-refractivity contribution in [3.8, 4) is 22.9 Å². The molecule has 10 heteroatoms. The van der Waals surface area contributed by atoms with Gasteiger partial charge in [-0.1, -0.05) is 34.4 Å². The molecule has 0 atom stereocenters. The molecule has 0 bridgehead atoms. The molecule has 2 aromatic carbocycles. The maximum absolute atomic E-state index is 12.6. The molecule has 180 valence electrons. The second-order valence-corrected chi connectivity index (χ2v) is 8.93. The summed E-state index contributed by atoms with van der Waals surface area (Å²) in [5.41, 5.74) is 1.63. The molecule has 1 fully saturated rings. The Morgan fingerprint density at radius 2 is 1.88 bits per heavy atom. The monoisotopic (exact) mass is 504 g/mol. The third-order valence-electron chi connectivity index (χ3n) is 5.90. The van der Waals surface area contributed by atoms with Gasteiger partial charge in [0, 0.05) is 28.1 Å². The van der Waals surface area contributed by atoms with Crippen LogP contribution in [0.15, 0.2) is 40.9 Å². The molecule has 2 heterocycles. The Hall–Kier alpha value is -2.81. The van der Waals surface area contributed by atoms with E-state index in [4.69, 9.17) is 37.2 Å². The number of amides is 1. The lowest BCUT2D eigenvalue weighted by Gasteiger charge is -2.30. The van der Waals surface area contributed by atoms with Gasteiger partial charge in [-0.3, -0.25) is 9.69 Å². The van der Waals surface area contributed by atoms with Gasteiger partial charge in [0.15, 0.2) is 11.5 Å². The summed E-state index contributed by atoms with van der Waals surface area (Å²) < 4.78 is 16.1. The first-order chi connectivity index (χ1) is 16.5. The highest BCUT2D eigenvalue weighted by Crippen LogP contribution is 2.31. The Bertz CT molecular complexity index is 1150. The molecule has 0 unspecified atom stereocenters. The fourth-order valence-electron chi connectivity index (χ4n) is 3.95. The predicted molar refractivity (Wildman–Crippen MR) is 129 cm³/mol. The van der Waals surface area contributed by atoms with Gasteiger partial charge in [-0.15, -0.1) is 0 Å². The molecule has 3 aromatic rings. The number of halogens is 2. The minimum atomic E-state index is -0.0349. The van der Waals surface area contributed by atoms with Gasteiger partial charge in [0.2, 0.25) is 17.6 Å². The number of rotatable bonds is 8. The van der Waals surface area contributed by atoms with Crippen molar-refractivity contribution in [2.75, 3.05) is 27.3 Å². The van der Waals surface area contributed by atoms with Crippen molar-refractivity contribution < 1.29 is 18.8 Å². The summed E-state index contributed by atoms with van der Waals surface area (Å²) in [7, 11) is 3.17. The molecule has 1 aliphatic heterocycles. The molecule has 0 aliphatic carbocycles. The van der Waals surface area contributed by atoms with E-state index in [1.54, 1.807) is 32.4 Å². The Kier molecular flexibility index (Phi) is 7.92. The molecule has 1 aromatic heterocycles. The molecule has 1 N–H and O–H groups in total. The van der Waals surface area contributed by atoms with Gasteiger partial charge in [0.05, 0.1) is 20.8 Å². The summed E-state index contributed by atoms with van der Waals surface area (Å²) in [4.78, 5) is 19.3. The van der Waals surface area contributed by atoms with E-state index in [0.717, 1.165) is 37.1 Å². The minimum absolute atomic E-state index is 0.0349. The van der Waals surface area contributed by atoms with Crippen molar-refractivity contribution in [2.24, 2.45) is 5.92 Å². The number of hydrogen-bond acceptors (Lipinski definition) is 7. The third-order valence-corrected chi connectivity index (χ3v) is 6.48. The first-order valence-corrected chi connectivity index (χ1v) is 11.7. The van der Waals surface area contributed by atoms with Gasteiger partial charge < -0.3 is 19.3 Å². The highest BCUT2D eigenvalue weighted by atomic mass is 35.5. The van der Waals surface area contributed by atoms with E-state index in [1.165, 1.54) is 0 Å². The summed E-state index contributed by atoms with van der Waals surface area (Å²) in [5.74, 6) is 2.27. The highest BCUT2D eigenvalue weighted by Gasteiger charge is 2.26. The number of ether oxygens (including phenoxy) is 2. The van der Waals surface area contributed by atoms with Gasteiger partial charge in [0.1, 0.15) is 0 Å². The van der Waals surface area contributed by atoms with Gasteiger partial charge in [-0.05, 0) is 61.8 Å². The van der Waals surface area contributed by atoms with Crippen LogP contribution in [0.2, 0.25) is 10.0 Å². The second-order valence-electron chi connectivity index (χ2n) is 8.09. The first-order valence-electron chi connectivity index (χ1n) is 11.0. The Balaban J connectivity index is 1.27. The number of aromatic nitrogens is 2. The topological polar surface area (TPSA) is 89.7 Å². The number of hydrogen-bond donors (Lipinski definition) is 1. The van der Waals surface area contributed by atoms with Crippen LogP contribution >= 0.6 is 23.2 Å². The van der Waals surface area contributed by atoms with Crippen LogP contribution in [0.25, 0.3) is 11.4 Å². The van der Waals surface area contributed by atoms with E-state index < -0.39 is 0 Å². The zero-order valence-corrected chi connectivity index (χ0v) is 20.5. The maximum Gasteiger partial charge on any atom is 0.241 e. The van der Waals surface area contributed by atoms with Gasteiger partial charge >= 0.3 is 0 Å². The lowest BCUT2D eigenvalue weighted by molar-refractivity contribution is -0.126. The minimum Gasteiger partial charge on any atom is -0.493 e. The molecule has 34 heavy (non-hydrogen) atoms. The number of carbonyl (C=O) groups excluding carboxylic acids is 1. The van der Waals surface area contributed by atoms with Crippen molar-refractivity contribution in [3.63, 3.8) is 0 Å². The quantitative estimate of drug-likeness (QED) is 0.479. The van der Waals surface area contributed by atoms with Crippen molar-refractivity contribution in [2.45, 2.75) is 25.9 Å². The molecule has 1 saturated heterocycles. The van der Waals surface area contributed by atoms with Crippen LogP contribution < -0.4 is 14.8 Å². The van der Waals surface area contributed by atoms with E-state index in [9.17, 15) is 4.79 Å². The molecule has 0 spiro atoms. The molecule has 1 amide bonds. The zero-order chi connectivity index (χ0) is 24.1. The largest absolute Gasteiger partial charge is 0.493 e. The average molecular weight is 505 g/mol. The van der Waals surface area contributed by atoms with Crippen LogP contribution in [0, 0.1) is 5.92 Å². The summed E-state index contributed by atoms with van der Waals surface area (Å²) >= 11 is 12.1. The molecule has 0 saturated carbocycles. The zero-order valence-electron chi connectivity index (χ0n) is 19.0. The number of nitrogens with one attached hydrogen (secondary N) is 1. The Labute approximate surface area is 208 Å². The van der Waals surface area contributed by atoms with Crippen LogP contribution in [0.5, 0.6) is 11.5 Å². The van der Waals surface area contributed by atoms with Crippen molar-refractivity contribution in [1.82, 2.24) is 20.4 Å². The number of likely N-dealkylation sites (tertiary alicyclic amines) is 1. The summed E-state index contributed by atoms with van der Waals surface area (Å²) in [6.07, 6.45) is 1.52.